The van der Waals surface area contributed by atoms with E-state index < -0.39 is 17.5 Å². The molecule has 2 aromatic rings. The quantitative estimate of drug-likeness (QED) is 0.632. The largest absolute Gasteiger partial charge is 0.507 e. The minimum atomic E-state index is -0.563. The third-order valence-corrected chi connectivity index (χ3v) is 4.98. The summed E-state index contributed by atoms with van der Waals surface area (Å²) in [6.45, 7) is 1.53. The molecule has 0 spiro atoms. The number of phenolic OH excluding ortho intramolecular Hbond substituents is 1. The van der Waals surface area contributed by atoms with Gasteiger partial charge in [0.15, 0.2) is 0 Å². The summed E-state index contributed by atoms with van der Waals surface area (Å²) < 4.78 is 15.1. The number of pyridine rings is 1. The Kier molecular flexibility index (Phi) is 6.58. The second-order valence-corrected chi connectivity index (χ2v) is 6.90. The van der Waals surface area contributed by atoms with Crippen LogP contribution in [0.15, 0.2) is 59.2 Å². The van der Waals surface area contributed by atoms with E-state index in [2.05, 4.69) is 10.3 Å². The Labute approximate surface area is 184 Å². The monoisotopic (exact) mass is 438 g/mol. The number of nitrogens with zero attached hydrogens (tertiary/aromatic N) is 1. The molecule has 9 nitrogen and oxygen atoms in total. The number of nitrogens with one attached hydrogen (secondary N) is 1. The molecular formula is C23H22N2O7. The molecule has 1 aliphatic rings. The lowest BCUT2D eigenvalue weighted by molar-refractivity contribution is -0.121. The van der Waals surface area contributed by atoms with Crippen molar-refractivity contribution in [2.75, 3.05) is 26.6 Å². The van der Waals surface area contributed by atoms with Crippen molar-refractivity contribution in [3.8, 4) is 11.6 Å². The minimum Gasteiger partial charge on any atom is -0.507 e. The van der Waals surface area contributed by atoms with Gasteiger partial charge in [-0.3, -0.25) is 14.4 Å². The molecule has 166 valence electrons. The highest BCUT2D eigenvalue weighted by Crippen LogP contribution is 2.29. The number of amides is 1. The molecular weight excluding hydrogens is 416 g/mol. The summed E-state index contributed by atoms with van der Waals surface area (Å²) in [5.41, 5.74) is 1.42. The van der Waals surface area contributed by atoms with Crippen molar-refractivity contribution in [2.24, 2.45) is 0 Å². The van der Waals surface area contributed by atoms with Crippen LogP contribution in [0.4, 0.5) is 5.69 Å². The highest BCUT2D eigenvalue weighted by Gasteiger charge is 2.34. The molecule has 32 heavy (non-hydrogen) atoms. The fraction of sp³-hybridized carbons (Fsp3) is 0.217. The number of rotatable bonds is 7. The molecule has 0 bridgehead atoms. The first kappa shape index (κ1) is 22.5. The van der Waals surface area contributed by atoms with Gasteiger partial charge in [-0.1, -0.05) is 6.07 Å². The van der Waals surface area contributed by atoms with E-state index in [0.717, 1.165) is 0 Å². The van der Waals surface area contributed by atoms with Gasteiger partial charge in [-0.2, -0.15) is 0 Å². The number of Topliss-reactive ketones (excluding diaryl/α,β-unsaturated/α-hetero) is 2. The van der Waals surface area contributed by atoms with Crippen LogP contribution in [0.3, 0.4) is 0 Å². The fourth-order valence-electron chi connectivity index (χ4n) is 3.26. The van der Waals surface area contributed by atoms with Crippen LogP contribution < -0.4 is 10.1 Å². The molecule has 0 atom stereocenters. The molecule has 0 radical (unpaired) electrons. The number of methoxy groups -OCH3 is 3. The van der Waals surface area contributed by atoms with Crippen molar-refractivity contribution in [3.05, 3.63) is 70.3 Å². The number of phenols is 1. The van der Waals surface area contributed by atoms with Crippen molar-refractivity contribution in [1.82, 2.24) is 4.98 Å². The van der Waals surface area contributed by atoms with Gasteiger partial charge < -0.3 is 24.6 Å². The van der Waals surface area contributed by atoms with Crippen molar-refractivity contribution in [3.63, 3.8) is 0 Å². The van der Waals surface area contributed by atoms with E-state index in [1.165, 1.54) is 46.6 Å². The van der Waals surface area contributed by atoms with Gasteiger partial charge in [-0.25, -0.2) is 4.98 Å². The number of hydrogen-bond acceptors (Lipinski definition) is 8. The smallest absolute Gasteiger partial charge is 0.259 e. The van der Waals surface area contributed by atoms with E-state index in [1.54, 1.807) is 18.2 Å². The molecule has 0 saturated heterocycles. The third-order valence-electron chi connectivity index (χ3n) is 4.98. The minimum absolute atomic E-state index is 0.00578. The van der Waals surface area contributed by atoms with E-state index in [4.69, 9.17) is 14.2 Å². The van der Waals surface area contributed by atoms with Gasteiger partial charge in [0.1, 0.15) is 5.75 Å². The summed E-state index contributed by atoms with van der Waals surface area (Å²) in [6.07, 6.45) is 1.48. The van der Waals surface area contributed by atoms with Crippen LogP contribution in [0.25, 0.3) is 0 Å². The maximum absolute atomic E-state index is 12.8. The second kappa shape index (κ2) is 9.34. The molecule has 9 heteroatoms. The number of anilines is 1. The number of allylic oxidation sites excluding steroid dienone is 2. The zero-order chi connectivity index (χ0) is 23.4. The van der Waals surface area contributed by atoms with Crippen LogP contribution in [0.2, 0.25) is 0 Å². The van der Waals surface area contributed by atoms with E-state index >= 15 is 0 Å². The molecule has 0 saturated carbocycles. The lowest BCUT2D eigenvalue weighted by Gasteiger charge is -2.20. The Bertz CT molecular complexity index is 1150. The van der Waals surface area contributed by atoms with E-state index in [1.807, 2.05) is 0 Å². The van der Waals surface area contributed by atoms with Gasteiger partial charge in [-0.15, -0.1) is 0 Å². The van der Waals surface area contributed by atoms with Gasteiger partial charge in [0.05, 0.1) is 38.8 Å². The highest BCUT2D eigenvalue weighted by molar-refractivity contribution is 6.23. The Morgan fingerprint density at radius 3 is 2.28 bits per heavy atom. The summed E-state index contributed by atoms with van der Waals surface area (Å²) >= 11 is 0. The molecule has 1 amide bonds. The molecule has 1 aromatic carbocycles. The van der Waals surface area contributed by atoms with Gasteiger partial charge in [0.2, 0.25) is 29.0 Å². The molecule has 0 aliphatic heterocycles. The van der Waals surface area contributed by atoms with Crippen molar-refractivity contribution in [1.29, 1.82) is 0 Å². The number of carbonyl (C=O) groups excluding carboxylic acids is 3. The van der Waals surface area contributed by atoms with Crippen LogP contribution in [0.1, 0.15) is 22.8 Å². The van der Waals surface area contributed by atoms with E-state index in [0.29, 0.717) is 17.1 Å². The first-order valence-corrected chi connectivity index (χ1v) is 9.55. The van der Waals surface area contributed by atoms with Gasteiger partial charge in [-0.05, 0) is 30.7 Å². The Morgan fingerprint density at radius 1 is 1.00 bits per heavy atom. The van der Waals surface area contributed by atoms with Crippen molar-refractivity contribution < 1.29 is 33.7 Å². The number of benzene rings is 1. The number of ketones is 2. The predicted molar refractivity (Wildman–Crippen MR) is 114 cm³/mol. The van der Waals surface area contributed by atoms with E-state index in [9.17, 15) is 19.5 Å². The lowest BCUT2D eigenvalue weighted by Crippen LogP contribution is -2.26. The number of hydrogen-bond donors (Lipinski definition) is 2. The van der Waals surface area contributed by atoms with E-state index in [-0.39, 0.29) is 40.4 Å². The highest BCUT2D eigenvalue weighted by atomic mass is 16.5. The molecule has 2 N–H and O–H groups in total. The predicted octanol–water partition coefficient (Wildman–Crippen LogP) is 2.56. The van der Waals surface area contributed by atoms with Crippen molar-refractivity contribution >= 4 is 23.2 Å². The van der Waals surface area contributed by atoms with Crippen LogP contribution >= 0.6 is 0 Å². The molecule has 3 rings (SSSR count). The number of ether oxygens (including phenoxy) is 3. The summed E-state index contributed by atoms with van der Waals surface area (Å²) in [5, 5.41) is 12.8. The van der Waals surface area contributed by atoms with Gasteiger partial charge in [0.25, 0.3) is 5.91 Å². The Hall–Kier alpha value is -4.14. The topological polar surface area (TPSA) is 124 Å². The summed E-state index contributed by atoms with van der Waals surface area (Å²) in [5.74, 6) is -1.62. The first-order chi connectivity index (χ1) is 15.3. The SMILES string of the molecule is COC1=C(OC)C(=O)C(Cc2ccc(O)c(C(=O)Nc3ccc(OC)nc3)c2)=C(C)C1=O. The third kappa shape index (κ3) is 4.31. The van der Waals surface area contributed by atoms with Crippen LogP contribution in [0.5, 0.6) is 11.6 Å². The van der Waals surface area contributed by atoms with Crippen LogP contribution in [0, 0.1) is 0 Å². The maximum atomic E-state index is 12.8. The average molecular weight is 438 g/mol. The zero-order valence-corrected chi connectivity index (χ0v) is 18.0. The summed E-state index contributed by atoms with van der Waals surface area (Å²) in [4.78, 5) is 42.1. The van der Waals surface area contributed by atoms with Crippen LogP contribution in [-0.2, 0) is 25.5 Å². The van der Waals surface area contributed by atoms with Crippen molar-refractivity contribution in [2.45, 2.75) is 13.3 Å². The number of aromatic hydroxyl groups is 1. The molecule has 0 unspecified atom stereocenters. The molecule has 1 aromatic heterocycles. The number of aromatic nitrogens is 1. The zero-order valence-electron chi connectivity index (χ0n) is 18.0. The lowest BCUT2D eigenvalue weighted by atomic mass is 9.88. The average Bonchev–Trinajstić information content (AvgIpc) is 2.80. The second-order valence-electron chi connectivity index (χ2n) is 6.90. The molecule has 0 fully saturated rings. The fourth-order valence-corrected chi connectivity index (χ4v) is 3.26. The normalized spacial score (nSPS) is 13.9. The molecule has 1 aliphatic carbocycles. The Balaban J connectivity index is 1.87. The van der Waals surface area contributed by atoms with Gasteiger partial charge >= 0.3 is 0 Å². The number of carbonyl (C=O) groups is 3. The summed E-state index contributed by atoms with van der Waals surface area (Å²) in [6, 6.07) is 7.58. The Morgan fingerprint density at radius 2 is 1.69 bits per heavy atom. The van der Waals surface area contributed by atoms with Crippen LogP contribution in [-0.4, -0.2) is 48.9 Å². The van der Waals surface area contributed by atoms with Gasteiger partial charge in [0, 0.05) is 23.6 Å². The molecule has 1 heterocycles. The maximum Gasteiger partial charge on any atom is 0.259 e. The standard InChI is InChI=1S/C23H22N2O7/c1-12-15(20(28)22(32-4)21(31-3)19(12)27)9-13-5-7-17(26)16(10-13)23(29)25-14-6-8-18(30-2)24-11-14/h5-8,10-11,26H,9H2,1-4H3,(H,25,29). The first-order valence-electron chi connectivity index (χ1n) is 9.55. The summed E-state index contributed by atoms with van der Waals surface area (Å²) in [7, 11) is 4.06.